The molecule has 4 aromatic rings. The standard InChI is InChI=1S/C28H24N2O3/c1-17(2)18-12-14-20(15-13-18)30-25(19-8-4-3-5-9-19)24(27(32)28(30)33)26(31)22-16-29-23-11-7-6-10-21(22)23/h3-17,25,29,31H,1-2H3/b26-24-. The minimum atomic E-state index is -0.732. The second-order valence-electron chi connectivity index (χ2n) is 8.57. The van der Waals surface area contributed by atoms with Crippen molar-refractivity contribution in [3.8, 4) is 0 Å². The molecule has 1 aliphatic rings. The molecule has 0 spiro atoms. The molecule has 5 rings (SSSR count). The molecule has 0 aliphatic carbocycles. The normalized spacial score (nSPS) is 17.9. The summed E-state index contributed by atoms with van der Waals surface area (Å²) >= 11 is 0. The van der Waals surface area contributed by atoms with E-state index in [1.165, 1.54) is 4.90 Å². The molecule has 0 bridgehead atoms. The van der Waals surface area contributed by atoms with Crippen LogP contribution in [-0.2, 0) is 9.59 Å². The summed E-state index contributed by atoms with van der Waals surface area (Å²) in [6.45, 7) is 4.21. The third-order valence-corrected chi connectivity index (χ3v) is 6.24. The van der Waals surface area contributed by atoms with Crippen LogP contribution in [0.25, 0.3) is 16.7 Å². The van der Waals surface area contributed by atoms with E-state index in [9.17, 15) is 14.7 Å². The molecule has 1 atom stereocenters. The molecular formula is C28H24N2O3. The number of aromatic amines is 1. The number of para-hydroxylation sites is 1. The van der Waals surface area contributed by atoms with Crippen LogP contribution in [0.2, 0.25) is 0 Å². The average molecular weight is 437 g/mol. The summed E-state index contributed by atoms with van der Waals surface area (Å²) in [7, 11) is 0. The molecule has 1 amide bonds. The van der Waals surface area contributed by atoms with E-state index in [0.29, 0.717) is 17.2 Å². The Kier molecular flexibility index (Phi) is 5.09. The number of benzene rings is 3. The molecule has 1 aromatic heterocycles. The number of amides is 1. The highest BCUT2D eigenvalue weighted by Crippen LogP contribution is 2.43. The summed E-state index contributed by atoms with van der Waals surface area (Å²) in [5.41, 5.74) is 3.95. The Morgan fingerprint density at radius 1 is 0.909 bits per heavy atom. The van der Waals surface area contributed by atoms with Crippen molar-refractivity contribution in [1.82, 2.24) is 4.98 Å². The van der Waals surface area contributed by atoms with Gasteiger partial charge in [-0.15, -0.1) is 0 Å². The van der Waals surface area contributed by atoms with Crippen molar-refractivity contribution < 1.29 is 14.7 Å². The van der Waals surface area contributed by atoms with Crippen LogP contribution in [0.5, 0.6) is 0 Å². The van der Waals surface area contributed by atoms with Crippen LogP contribution in [0.1, 0.15) is 42.5 Å². The van der Waals surface area contributed by atoms with Crippen molar-refractivity contribution in [3.63, 3.8) is 0 Å². The van der Waals surface area contributed by atoms with Crippen molar-refractivity contribution in [1.29, 1.82) is 0 Å². The van der Waals surface area contributed by atoms with Crippen LogP contribution < -0.4 is 4.90 Å². The number of carbonyl (C=O) groups excluding carboxylic acids is 2. The lowest BCUT2D eigenvalue weighted by Crippen LogP contribution is -2.29. The molecule has 5 nitrogen and oxygen atoms in total. The van der Waals surface area contributed by atoms with Gasteiger partial charge in [-0.1, -0.05) is 74.5 Å². The molecule has 164 valence electrons. The molecule has 1 saturated heterocycles. The third kappa shape index (κ3) is 3.42. The van der Waals surface area contributed by atoms with Crippen LogP contribution in [-0.4, -0.2) is 21.8 Å². The van der Waals surface area contributed by atoms with Gasteiger partial charge in [-0.2, -0.15) is 0 Å². The topological polar surface area (TPSA) is 73.4 Å². The molecule has 2 heterocycles. The van der Waals surface area contributed by atoms with E-state index in [1.54, 1.807) is 6.20 Å². The first-order valence-electron chi connectivity index (χ1n) is 11.0. The number of carbonyl (C=O) groups is 2. The lowest BCUT2D eigenvalue weighted by Gasteiger charge is -2.25. The molecule has 0 saturated carbocycles. The van der Waals surface area contributed by atoms with Crippen molar-refractivity contribution in [3.05, 3.63) is 107 Å². The zero-order valence-corrected chi connectivity index (χ0v) is 18.4. The maximum Gasteiger partial charge on any atom is 0.300 e. The van der Waals surface area contributed by atoms with Crippen molar-refractivity contribution in [2.45, 2.75) is 25.8 Å². The van der Waals surface area contributed by atoms with Crippen LogP contribution >= 0.6 is 0 Å². The van der Waals surface area contributed by atoms with E-state index in [-0.39, 0.29) is 11.3 Å². The minimum absolute atomic E-state index is 0.0869. The number of rotatable bonds is 4. The first-order valence-corrected chi connectivity index (χ1v) is 11.0. The Morgan fingerprint density at radius 2 is 1.58 bits per heavy atom. The monoisotopic (exact) mass is 436 g/mol. The van der Waals surface area contributed by atoms with Gasteiger partial charge >= 0.3 is 0 Å². The Bertz CT molecular complexity index is 1380. The summed E-state index contributed by atoms with van der Waals surface area (Å²) < 4.78 is 0. The summed E-state index contributed by atoms with van der Waals surface area (Å²) in [6, 6.07) is 23.8. The Hall–Kier alpha value is -4.12. The number of Topliss-reactive ketones (excluding diaryl/α,β-unsaturated/α-hetero) is 1. The fourth-order valence-corrected chi connectivity index (χ4v) is 4.48. The van der Waals surface area contributed by atoms with E-state index in [4.69, 9.17) is 0 Å². The fraction of sp³-hybridized carbons (Fsp3) is 0.143. The van der Waals surface area contributed by atoms with Gasteiger partial charge in [0.1, 0.15) is 5.76 Å². The predicted molar refractivity (Wildman–Crippen MR) is 130 cm³/mol. The zero-order valence-electron chi connectivity index (χ0n) is 18.4. The van der Waals surface area contributed by atoms with Gasteiger partial charge in [-0.05, 0) is 35.2 Å². The number of hydrogen-bond donors (Lipinski definition) is 2. The second-order valence-corrected chi connectivity index (χ2v) is 8.57. The minimum Gasteiger partial charge on any atom is -0.507 e. The number of nitrogens with one attached hydrogen (secondary N) is 1. The zero-order chi connectivity index (χ0) is 23.1. The summed E-state index contributed by atoms with van der Waals surface area (Å²) in [5.74, 6) is -1.18. The molecular weight excluding hydrogens is 412 g/mol. The molecule has 1 unspecified atom stereocenters. The van der Waals surface area contributed by atoms with Crippen LogP contribution in [0.3, 0.4) is 0 Å². The Labute approximate surface area is 192 Å². The van der Waals surface area contributed by atoms with Gasteiger partial charge in [0.2, 0.25) is 0 Å². The first-order chi connectivity index (χ1) is 16.0. The van der Waals surface area contributed by atoms with Crippen molar-refractivity contribution in [2.75, 3.05) is 4.90 Å². The molecule has 5 heteroatoms. The summed E-state index contributed by atoms with van der Waals surface area (Å²) in [4.78, 5) is 31.2. The van der Waals surface area contributed by atoms with Gasteiger partial charge in [0.25, 0.3) is 11.7 Å². The molecule has 3 aromatic carbocycles. The van der Waals surface area contributed by atoms with Crippen LogP contribution in [0.15, 0.2) is 90.6 Å². The Morgan fingerprint density at radius 3 is 2.27 bits per heavy atom. The van der Waals surface area contributed by atoms with E-state index < -0.39 is 17.7 Å². The number of fused-ring (bicyclic) bond motifs is 1. The van der Waals surface area contributed by atoms with E-state index in [1.807, 2.05) is 78.9 Å². The van der Waals surface area contributed by atoms with E-state index >= 15 is 0 Å². The predicted octanol–water partition coefficient (Wildman–Crippen LogP) is 5.92. The third-order valence-electron chi connectivity index (χ3n) is 6.24. The largest absolute Gasteiger partial charge is 0.507 e. The van der Waals surface area contributed by atoms with Crippen LogP contribution in [0, 0.1) is 0 Å². The van der Waals surface area contributed by atoms with E-state index in [0.717, 1.165) is 22.0 Å². The fourth-order valence-electron chi connectivity index (χ4n) is 4.48. The number of aliphatic hydroxyl groups is 1. The number of ketones is 1. The quantitative estimate of drug-likeness (QED) is 0.237. The number of aromatic nitrogens is 1. The van der Waals surface area contributed by atoms with Gasteiger partial charge in [0.05, 0.1) is 11.6 Å². The highest BCUT2D eigenvalue weighted by atomic mass is 16.3. The molecule has 33 heavy (non-hydrogen) atoms. The van der Waals surface area contributed by atoms with Gasteiger partial charge in [0, 0.05) is 28.4 Å². The van der Waals surface area contributed by atoms with Gasteiger partial charge < -0.3 is 10.1 Å². The van der Waals surface area contributed by atoms with Crippen LogP contribution in [0.4, 0.5) is 5.69 Å². The maximum atomic E-state index is 13.3. The average Bonchev–Trinajstić information content (AvgIpc) is 3.38. The number of hydrogen-bond acceptors (Lipinski definition) is 3. The lowest BCUT2D eigenvalue weighted by atomic mass is 9.95. The molecule has 2 N–H and O–H groups in total. The van der Waals surface area contributed by atoms with Gasteiger partial charge in [0.15, 0.2) is 0 Å². The van der Waals surface area contributed by atoms with Gasteiger partial charge in [-0.25, -0.2) is 0 Å². The number of aliphatic hydroxyl groups excluding tert-OH is 1. The highest BCUT2D eigenvalue weighted by Gasteiger charge is 2.47. The van der Waals surface area contributed by atoms with E-state index in [2.05, 4.69) is 18.8 Å². The molecule has 0 radical (unpaired) electrons. The summed E-state index contributed by atoms with van der Waals surface area (Å²) in [5, 5.41) is 12.2. The Balaban J connectivity index is 1.71. The highest BCUT2D eigenvalue weighted by molar-refractivity contribution is 6.51. The lowest BCUT2D eigenvalue weighted by molar-refractivity contribution is -0.132. The number of H-pyrrole nitrogens is 1. The molecule has 1 aliphatic heterocycles. The number of nitrogens with zero attached hydrogens (tertiary/aromatic N) is 1. The van der Waals surface area contributed by atoms with Crippen molar-refractivity contribution in [2.24, 2.45) is 0 Å². The first kappa shape index (κ1) is 20.8. The van der Waals surface area contributed by atoms with Crippen molar-refractivity contribution >= 4 is 34.0 Å². The molecule has 1 fully saturated rings. The maximum absolute atomic E-state index is 13.3. The SMILES string of the molecule is CC(C)c1ccc(N2C(=O)C(=O)/C(=C(\O)c3c[nH]c4ccccc34)C2c2ccccc2)cc1. The smallest absolute Gasteiger partial charge is 0.300 e. The number of anilines is 1. The second kappa shape index (κ2) is 8.10. The summed E-state index contributed by atoms with van der Waals surface area (Å²) in [6.07, 6.45) is 1.67. The van der Waals surface area contributed by atoms with Gasteiger partial charge in [-0.3, -0.25) is 14.5 Å².